The van der Waals surface area contributed by atoms with Crippen LogP contribution in [-0.4, -0.2) is 10.2 Å². The van der Waals surface area contributed by atoms with E-state index in [9.17, 15) is 0 Å². The van der Waals surface area contributed by atoms with E-state index >= 15 is 0 Å². The monoisotopic (exact) mass is 348 g/mol. The molecule has 0 saturated carbocycles. The van der Waals surface area contributed by atoms with E-state index in [0.717, 1.165) is 6.42 Å². The third-order valence-corrected chi connectivity index (χ3v) is 5.29. The van der Waals surface area contributed by atoms with Crippen molar-refractivity contribution in [1.82, 2.24) is 10.2 Å². The van der Waals surface area contributed by atoms with E-state index in [-0.39, 0.29) is 6.04 Å². The zero-order valence-corrected chi connectivity index (χ0v) is 15.1. The van der Waals surface area contributed by atoms with E-state index in [1.54, 1.807) is 23.5 Å². The molecule has 3 rings (SSSR count). The van der Waals surface area contributed by atoms with Crippen molar-refractivity contribution in [2.24, 2.45) is 0 Å². The smallest absolute Gasteiger partial charge is 0.163 e. The highest BCUT2D eigenvalue weighted by Crippen LogP contribution is 2.30. The number of benzene rings is 1. The fraction of sp³-hybridized carbons (Fsp3) is 0.250. The molecule has 3 aromatic rings. The van der Waals surface area contributed by atoms with Gasteiger partial charge in [-0.05, 0) is 47.0 Å². The predicted octanol–water partition coefficient (Wildman–Crippen LogP) is 5.12. The first kappa shape index (κ1) is 17.1. The molecule has 0 fully saturated rings. The van der Waals surface area contributed by atoms with Crippen molar-refractivity contribution in [2.45, 2.75) is 32.2 Å². The molecule has 0 saturated heterocycles. The molecule has 2 unspecified atom stereocenters. The molecule has 1 aromatic carbocycles. The summed E-state index contributed by atoms with van der Waals surface area (Å²) in [6.07, 6.45) is 1.13. The quantitative estimate of drug-likeness (QED) is 0.671. The molecule has 0 aliphatic rings. The molecule has 25 heavy (non-hydrogen) atoms. The van der Waals surface area contributed by atoms with Crippen LogP contribution < -0.4 is 5.32 Å². The Bertz CT molecular complexity index is 833. The molecular weight excluding hydrogens is 328 g/mol. The number of hydrogen-bond donors (Lipinski definition) is 1. The van der Waals surface area contributed by atoms with Gasteiger partial charge in [-0.3, -0.25) is 0 Å². The molecule has 0 bridgehead atoms. The van der Waals surface area contributed by atoms with Crippen LogP contribution in [0.2, 0.25) is 0 Å². The molecule has 0 aliphatic carbocycles. The summed E-state index contributed by atoms with van der Waals surface area (Å²) in [7, 11) is 0. The molecular formula is C20H20N4S. The highest BCUT2D eigenvalue weighted by Gasteiger charge is 2.16. The summed E-state index contributed by atoms with van der Waals surface area (Å²) >= 11 is 1.70. The summed E-state index contributed by atoms with van der Waals surface area (Å²) in [6.45, 7) is 4.45. The van der Waals surface area contributed by atoms with Crippen molar-refractivity contribution in [3.63, 3.8) is 0 Å². The fourth-order valence-corrected chi connectivity index (χ4v) is 3.45. The number of hydrogen-bond acceptors (Lipinski definition) is 5. The Morgan fingerprint density at radius 1 is 1.08 bits per heavy atom. The Labute approximate surface area is 152 Å². The van der Waals surface area contributed by atoms with Gasteiger partial charge in [-0.25, -0.2) is 0 Å². The Hall–Kier alpha value is -2.71. The number of anilines is 1. The topological polar surface area (TPSA) is 61.6 Å². The number of thiophene rings is 1. The van der Waals surface area contributed by atoms with Crippen molar-refractivity contribution in [3.8, 4) is 6.07 Å². The van der Waals surface area contributed by atoms with Gasteiger partial charge >= 0.3 is 0 Å². The highest BCUT2D eigenvalue weighted by molar-refractivity contribution is 7.10. The first-order valence-electron chi connectivity index (χ1n) is 8.35. The van der Waals surface area contributed by atoms with Crippen molar-refractivity contribution >= 4 is 17.2 Å². The van der Waals surface area contributed by atoms with Crippen molar-refractivity contribution < 1.29 is 0 Å². The molecule has 2 aromatic heterocycles. The molecule has 126 valence electrons. The predicted molar refractivity (Wildman–Crippen MR) is 102 cm³/mol. The second-order valence-corrected chi connectivity index (χ2v) is 6.96. The van der Waals surface area contributed by atoms with Crippen LogP contribution in [0.25, 0.3) is 0 Å². The first-order chi connectivity index (χ1) is 12.2. The molecule has 4 nitrogen and oxygen atoms in total. The van der Waals surface area contributed by atoms with Crippen molar-refractivity contribution in [3.05, 3.63) is 75.6 Å². The van der Waals surface area contributed by atoms with E-state index in [1.165, 1.54) is 16.0 Å². The second kappa shape index (κ2) is 7.91. The van der Waals surface area contributed by atoms with Crippen LogP contribution in [0.15, 0.2) is 53.9 Å². The summed E-state index contributed by atoms with van der Waals surface area (Å²) in [5, 5.41) is 22.4. The molecule has 5 heteroatoms. The maximum Gasteiger partial charge on any atom is 0.163 e. The normalized spacial score (nSPS) is 13.0. The molecule has 2 atom stereocenters. The summed E-state index contributed by atoms with van der Waals surface area (Å²) in [4.78, 5) is 1.21. The summed E-state index contributed by atoms with van der Waals surface area (Å²) in [5.41, 5.74) is 2.85. The number of aromatic nitrogens is 2. The van der Waals surface area contributed by atoms with Gasteiger partial charge in [0.1, 0.15) is 11.9 Å². The Balaban J connectivity index is 1.88. The summed E-state index contributed by atoms with van der Waals surface area (Å²) in [6, 6.07) is 18.4. The van der Waals surface area contributed by atoms with E-state index in [2.05, 4.69) is 65.1 Å². The lowest BCUT2D eigenvalue weighted by Gasteiger charge is -2.19. The molecule has 0 radical (unpaired) electrons. The van der Waals surface area contributed by atoms with Gasteiger partial charge in [0.15, 0.2) is 5.69 Å². The van der Waals surface area contributed by atoms with Crippen LogP contribution in [0.3, 0.4) is 0 Å². The van der Waals surface area contributed by atoms with Crippen LogP contribution in [0.4, 0.5) is 5.82 Å². The van der Waals surface area contributed by atoms with E-state index in [4.69, 9.17) is 5.26 Å². The molecule has 2 heterocycles. The lowest BCUT2D eigenvalue weighted by atomic mass is 9.95. The SMILES string of the molecule is CCC(C)c1ccc(C(Nc2ccc(C#N)nn2)c2cccs2)cc1. The van der Waals surface area contributed by atoms with Crippen LogP contribution in [0.5, 0.6) is 0 Å². The van der Waals surface area contributed by atoms with Crippen molar-refractivity contribution in [1.29, 1.82) is 5.26 Å². The third kappa shape index (κ3) is 4.04. The molecule has 1 N–H and O–H groups in total. The number of rotatable bonds is 6. The minimum Gasteiger partial charge on any atom is -0.357 e. The average Bonchev–Trinajstić information content (AvgIpc) is 3.20. The fourth-order valence-electron chi connectivity index (χ4n) is 2.64. The maximum absolute atomic E-state index is 8.86. The van der Waals surface area contributed by atoms with E-state index < -0.39 is 0 Å². The maximum atomic E-state index is 8.86. The lowest BCUT2D eigenvalue weighted by Crippen LogP contribution is -2.12. The molecule has 0 aliphatic heterocycles. The van der Waals surface area contributed by atoms with Crippen LogP contribution >= 0.6 is 11.3 Å². The van der Waals surface area contributed by atoms with Gasteiger partial charge in [0, 0.05) is 4.88 Å². The molecule has 0 spiro atoms. The Morgan fingerprint density at radius 3 is 2.40 bits per heavy atom. The van der Waals surface area contributed by atoms with Gasteiger partial charge in [0.2, 0.25) is 0 Å². The number of nitrogens with zero attached hydrogens (tertiary/aromatic N) is 3. The van der Waals surface area contributed by atoms with Crippen LogP contribution in [-0.2, 0) is 0 Å². The van der Waals surface area contributed by atoms with Gasteiger partial charge in [-0.2, -0.15) is 5.26 Å². The highest BCUT2D eigenvalue weighted by atomic mass is 32.1. The lowest BCUT2D eigenvalue weighted by molar-refractivity contribution is 0.732. The van der Waals surface area contributed by atoms with E-state index in [0.29, 0.717) is 17.4 Å². The minimum atomic E-state index is 0.00761. The van der Waals surface area contributed by atoms with Gasteiger partial charge in [0.25, 0.3) is 0 Å². The minimum absolute atomic E-state index is 0.00761. The van der Waals surface area contributed by atoms with Gasteiger partial charge < -0.3 is 5.32 Å². The number of nitriles is 1. The van der Waals surface area contributed by atoms with Crippen LogP contribution in [0, 0.1) is 11.3 Å². The first-order valence-corrected chi connectivity index (χ1v) is 9.23. The summed E-state index contributed by atoms with van der Waals surface area (Å²) < 4.78 is 0. The van der Waals surface area contributed by atoms with Crippen LogP contribution in [0.1, 0.15) is 53.9 Å². The zero-order valence-electron chi connectivity index (χ0n) is 14.3. The van der Waals surface area contributed by atoms with Gasteiger partial charge in [0.05, 0.1) is 6.04 Å². The second-order valence-electron chi connectivity index (χ2n) is 5.98. The number of nitrogens with one attached hydrogen (secondary N) is 1. The van der Waals surface area contributed by atoms with Gasteiger partial charge in [-0.15, -0.1) is 21.5 Å². The average molecular weight is 348 g/mol. The Kier molecular flexibility index (Phi) is 5.42. The van der Waals surface area contributed by atoms with Crippen molar-refractivity contribution in [2.75, 3.05) is 5.32 Å². The van der Waals surface area contributed by atoms with Gasteiger partial charge in [-0.1, -0.05) is 44.2 Å². The Morgan fingerprint density at radius 2 is 1.84 bits per heavy atom. The molecule has 0 amide bonds. The standard InChI is InChI=1S/C20H20N4S/c1-3-14(2)15-6-8-16(9-7-15)20(18-5-4-12-25-18)22-19-11-10-17(13-21)23-24-19/h4-12,14,20H,3H2,1-2H3,(H,22,24). The van der Waals surface area contributed by atoms with E-state index in [1.807, 2.05) is 12.1 Å². The third-order valence-electron chi connectivity index (χ3n) is 4.35. The summed E-state index contributed by atoms with van der Waals surface area (Å²) in [5.74, 6) is 1.22. The zero-order chi connectivity index (χ0) is 17.6. The largest absolute Gasteiger partial charge is 0.357 e.